The summed E-state index contributed by atoms with van der Waals surface area (Å²) in [5, 5.41) is 6.56. The van der Waals surface area contributed by atoms with Gasteiger partial charge in [-0.1, -0.05) is 35.5 Å². The number of benzene rings is 1. The molecule has 1 atom stereocenters. The summed E-state index contributed by atoms with van der Waals surface area (Å²) in [5.74, 6) is -0.136. The van der Waals surface area contributed by atoms with E-state index < -0.39 is 0 Å². The topological polar surface area (TPSA) is 53.9 Å². The van der Waals surface area contributed by atoms with E-state index in [1.165, 1.54) is 5.56 Å². The Hall–Kier alpha value is -1.88. The number of likely N-dealkylation sites (tertiary alicyclic amines) is 1. The molecule has 5 heteroatoms. The van der Waals surface area contributed by atoms with Crippen molar-refractivity contribution in [1.82, 2.24) is 10.2 Å². The average molecular weight is 273 g/mol. The molecule has 1 fully saturated rings. The second-order valence-corrected chi connectivity index (χ2v) is 5.51. The monoisotopic (exact) mass is 273 g/mol. The van der Waals surface area contributed by atoms with E-state index >= 15 is 0 Å². The molecule has 20 heavy (non-hydrogen) atoms. The zero-order chi connectivity index (χ0) is 14.0. The zero-order valence-electron chi connectivity index (χ0n) is 11.6. The molecule has 1 saturated heterocycles. The highest BCUT2D eigenvalue weighted by Gasteiger charge is 2.46. The van der Waals surface area contributed by atoms with Gasteiger partial charge in [-0.25, -0.2) is 0 Å². The summed E-state index contributed by atoms with van der Waals surface area (Å²) in [6, 6.07) is 10.4. The molecule has 0 unspecified atom stereocenters. The first-order valence-corrected chi connectivity index (χ1v) is 6.94. The van der Waals surface area contributed by atoms with Gasteiger partial charge in [0, 0.05) is 39.5 Å². The van der Waals surface area contributed by atoms with E-state index in [1.54, 1.807) is 7.05 Å². The molecule has 1 aromatic rings. The lowest BCUT2D eigenvalue weighted by Gasteiger charge is -2.21. The van der Waals surface area contributed by atoms with Gasteiger partial charge in [-0.15, -0.1) is 0 Å². The number of amides is 1. The second kappa shape index (κ2) is 5.25. The summed E-state index contributed by atoms with van der Waals surface area (Å²) < 4.78 is 0. The Labute approximate surface area is 118 Å². The molecule has 0 aliphatic carbocycles. The number of nitrogens with zero attached hydrogens (tertiary/aromatic N) is 2. The number of carbonyl (C=O) groups is 1. The second-order valence-electron chi connectivity index (χ2n) is 5.51. The van der Waals surface area contributed by atoms with Crippen LogP contribution in [0.2, 0.25) is 0 Å². The van der Waals surface area contributed by atoms with Crippen LogP contribution in [0.1, 0.15) is 18.4 Å². The van der Waals surface area contributed by atoms with Gasteiger partial charge in [-0.3, -0.25) is 9.69 Å². The first kappa shape index (κ1) is 13.1. The van der Waals surface area contributed by atoms with Crippen molar-refractivity contribution < 1.29 is 9.63 Å². The SMILES string of the molecule is CNC(=O)C1=NO[C@@]2(CCN(Cc3ccccc3)C2)C1. The Morgan fingerprint density at radius 1 is 1.45 bits per heavy atom. The molecule has 0 saturated carbocycles. The van der Waals surface area contributed by atoms with Crippen LogP contribution >= 0.6 is 0 Å². The average Bonchev–Trinajstić information content (AvgIpc) is 3.07. The Balaban J connectivity index is 1.59. The van der Waals surface area contributed by atoms with Crippen molar-refractivity contribution >= 4 is 11.6 Å². The Kier molecular flexibility index (Phi) is 3.44. The fraction of sp³-hybridized carbons (Fsp3) is 0.467. The third-order valence-electron chi connectivity index (χ3n) is 3.97. The van der Waals surface area contributed by atoms with Crippen LogP contribution in [0.25, 0.3) is 0 Å². The van der Waals surface area contributed by atoms with E-state index in [0.717, 1.165) is 26.1 Å². The maximum absolute atomic E-state index is 11.6. The molecule has 0 bridgehead atoms. The van der Waals surface area contributed by atoms with E-state index in [0.29, 0.717) is 12.1 Å². The summed E-state index contributed by atoms with van der Waals surface area (Å²) >= 11 is 0. The van der Waals surface area contributed by atoms with Gasteiger partial charge in [0.1, 0.15) is 5.71 Å². The minimum Gasteiger partial charge on any atom is -0.387 e. The smallest absolute Gasteiger partial charge is 0.268 e. The highest BCUT2D eigenvalue weighted by Crippen LogP contribution is 2.34. The van der Waals surface area contributed by atoms with Crippen molar-refractivity contribution in [2.45, 2.75) is 25.0 Å². The molecule has 1 aromatic carbocycles. The van der Waals surface area contributed by atoms with Crippen LogP contribution in [0.4, 0.5) is 0 Å². The molecule has 2 heterocycles. The molecule has 3 rings (SSSR count). The van der Waals surface area contributed by atoms with Gasteiger partial charge in [0.05, 0.1) is 0 Å². The third kappa shape index (κ3) is 2.54. The normalized spacial score (nSPS) is 25.6. The van der Waals surface area contributed by atoms with Crippen LogP contribution in [0.3, 0.4) is 0 Å². The summed E-state index contributed by atoms with van der Waals surface area (Å²) in [4.78, 5) is 19.5. The van der Waals surface area contributed by atoms with E-state index in [4.69, 9.17) is 4.84 Å². The van der Waals surface area contributed by atoms with Crippen LogP contribution in [-0.4, -0.2) is 42.3 Å². The standard InChI is InChI=1S/C15H19N3O2/c1-16-14(19)13-9-15(20-17-13)7-8-18(11-15)10-12-5-3-2-4-6-12/h2-6H,7-11H2,1H3,(H,16,19)/t15-/m0/s1. The zero-order valence-corrected chi connectivity index (χ0v) is 11.6. The molecular weight excluding hydrogens is 254 g/mol. The molecular formula is C15H19N3O2. The van der Waals surface area contributed by atoms with Gasteiger partial charge in [0.25, 0.3) is 5.91 Å². The van der Waals surface area contributed by atoms with Crippen molar-refractivity contribution in [3.05, 3.63) is 35.9 Å². The molecule has 2 aliphatic rings. The maximum Gasteiger partial charge on any atom is 0.268 e. The number of carbonyl (C=O) groups excluding carboxylic acids is 1. The van der Waals surface area contributed by atoms with Crippen molar-refractivity contribution in [3.8, 4) is 0 Å². The van der Waals surface area contributed by atoms with Gasteiger partial charge < -0.3 is 10.2 Å². The predicted molar refractivity (Wildman–Crippen MR) is 76.3 cm³/mol. The van der Waals surface area contributed by atoms with Gasteiger partial charge in [0.15, 0.2) is 5.60 Å². The molecule has 2 aliphatic heterocycles. The van der Waals surface area contributed by atoms with E-state index in [-0.39, 0.29) is 11.5 Å². The van der Waals surface area contributed by atoms with E-state index in [2.05, 4.69) is 39.6 Å². The Morgan fingerprint density at radius 2 is 2.25 bits per heavy atom. The lowest BCUT2D eigenvalue weighted by Crippen LogP contribution is -2.36. The third-order valence-corrected chi connectivity index (χ3v) is 3.97. The molecule has 1 amide bonds. The molecule has 0 aromatic heterocycles. The summed E-state index contributed by atoms with van der Waals surface area (Å²) in [7, 11) is 1.62. The van der Waals surface area contributed by atoms with Crippen LogP contribution < -0.4 is 5.32 Å². The van der Waals surface area contributed by atoms with Crippen LogP contribution in [-0.2, 0) is 16.2 Å². The van der Waals surface area contributed by atoms with Crippen molar-refractivity contribution in [2.75, 3.05) is 20.1 Å². The van der Waals surface area contributed by atoms with Crippen LogP contribution in [0.5, 0.6) is 0 Å². The van der Waals surface area contributed by atoms with Crippen LogP contribution in [0.15, 0.2) is 35.5 Å². The van der Waals surface area contributed by atoms with Crippen molar-refractivity contribution in [2.24, 2.45) is 5.16 Å². The summed E-state index contributed by atoms with van der Waals surface area (Å²) in [6.07, 6.45) is 1.53. The number of hydrogen-bond donors (Lipinski definition) is 1. The van der Waals surface area contributed by atoms with Crippen molar-refractivity contribution in [1.29, 1.82) is 0 Å². The lowest BCUT2D eigenvalue weighted by atomic mass is 9.96. The number of hydrogen-bond acceptors (Lipinski definition) is 4. The number of oxime groups is 1. The van der Waals surface area contributed by atoms with E-state index in [9.17, 15) is 4.79 Å². The van der Waals surface area contributed by atoms with Crippen molar-refractivity contribution in [3.63, 3.8) is 0 Å². The number of rotatable bonds is 3. The fourth-order valence-corrected chi connectivity index (χ4v) is 2.91. The quantitative estimate of drug-likeness (QED) is 0.899. The summed E-state index contributed by atoms with van der Waals surface area (Å²) in [5.41, 5.74) is 1.51. The van der Waals surface area contributed by atoms with Gasteiger partial charge in [-0.05, 0) is 5.56 Å². The molecule has 0 radical (unpaired) electrons. The maximum atomic E-state index is 11.6. The lowest BCUT2D eigenvalue weighted by molar-refractivity contribution is -0.114. The predicted octanol–water partition coefficient (Wildman–Crippen LogP) is 1.15. The summed E-state index contributed by atoms with van der Waals surface area (Å²) in [6.45, 7) is 2.72. The Bertz CT molecular complexity index is 529. The van der Waals surface area contributed by atoms with Gasteiger partial charge >= 0.3 is 0 Å². The molecule has 5 nitrogen and oxygen atoms in total. The van der Waals surface area contributed by atoms with Gasteiger partial charge in [0.2, 0.25) is 0 Å². The highest BCUT2D eigenvalue weighted by molar-refractivity contribution is 6.39. The molecule has 1 N–H and O–H groups in total. The molecule has 106 valence electrons. The highest BCUT2D eigenvalue weighted by atomic mass is 16.7. The first-order valence-electron chi connectivity index (χ1n) is 6.94. The minimum atomic E-state index is -0.295. The fourth-order valence-electron chi connectivity index (χ4n) is 2.91. The Morgan fingerprint density at radius 3 is 3.00 bits per heavy atom. The largest absolute Gasteiger partial charge is 0.387 e. The first-order chi connectivity index (χ1) is 9.71. The van der Waals surface area contributed by atoms with Gasteiger partial charge in [-0.2, -0.15) is 0 Å². The minimum absolute atomic E-state index is 0.136. The van der Waals surface area contributed by atoms with E-state index in [1.807, 2.05) is 6.07 Å². The molecule has 1 spiro atoms. The van der Waals surface area contributed by atoms with Crippen LogP contribution in [0, 0.1) is 0 Å². The number of nitrogens with one attached hydrogen (secondary N) is 1.